The molecule has 0 aliphatic rings. The van der Waals surface area contributed by atoms with Gasteiger partial charge >= 0.3 is 0 Å². The minimum atomic E-state index is 0.793. The highest BCUT2D eigenvalue weighted by molar-refractivity contribution is 7.12. The van der Waals surface area contributed by atoms with Gasteiger partial charge in [-0.3, -0.25) is 5.10 Å². The average Bonchev–Trinajstić information content (AvgIpc) is 2.59. The molecule has 2 aromatic heterocycles. The molecule has 0 aromatic carbocycles. The number of hydrogen-bond donors (Lipinski definition) is 1. The number of aromatic amines is 1. The van der Waals surface area contributed by atoms with Crippen LogP contribution in [0.2, 0.25) is 0 Å². The summed E-state index contributed by atoms with van der Waals surface area (Å²) in [5, 5.41) is 14.8. The van der Waals surface area contributed by atoms with Crippen LogP contribution in [0.4, 0.5) is 0 Å². The molecule has 49 valence electrons. The van der Waals surface area contributed by atoms with Crippen molar-refractivity contribution in [3.63, 3.8) is 0 Å². The van der Waals surface area contributed by atoms with E-state index in [1.54, 1.807) is 6.20 Å². The zero-order valence-electron chi connectivity index (χ0n) is 4.90. The molecule has 0 spiro atoms. The van der Waals surface area contributed by atoms with E-state index in [9.17, 15) is 0 Å². The molecule has 2 rings (SSSR count). The number of H-pyrrole nitrogens is 1. The summed E-state index contributed by atoms with van der Waals surface area (Å²) in [4.78, 5) is 0. The molecule has 0 aliphatic heterocycles. The molecule has 0 atom stereocenters. The summed E-state index contributed by atoms with van der Waals surface area (Å²) in [7, 11) is 0. The minimum absolute atomic E-state index is 0.793. The molecule has 0 bridgehead atoms. The van der Waals surface area contributed by atoms with Gasteiger partial charge in [-0.1, -0.05) is 11.3 Å². The van der Waals surface area contributed by atoms with E-state index < -0.39 is 0 Å². The van der Waals surface area contributed by atoms with Crippen molar-refractivity contribution in [2.24, 2.45) is 0 Å². The SMILES string of the molecule is [c]1nnc(-c2cc[nH]n2)s1. The van der Waals surface area contributed by atoms with Crippen molar-refractivity contribution < 1.29 is 0 Å². The van der Waals surface area contributed by atoms with Crippen molar-refractivity contribution in [1.82, 2.24) is 20.4 Å². The molecular weight excluding hydrogens is 148 g/mol. The second-order valence-electron chi connectivity index (χ2n) is 1.66. The van der Waals surface area contributed by atoms with Crippen LogP contribution in [0.1, 0.15) is 0 Å². The van der Waals surface area contributed by atoms with Gasteiger partial charge in [0.25, 0.3) is 0 Å². The van der Waals surface area contributed by atoms with E-state index in [-0.39, 0.29) is 0 Å². The quantitative estimate of drug-likeness (QED) is 0.653. The molecule has 0 unspecified atom stereocenters. The first kappa shape index (κ1) is 5.55. The zero-order valence-corrected chi connectivity index (χ0v) is 5.72. The maximum absolute atomic E-state index is 3.92. The second kappa shape index (κ2) is 2.18. The topological polar surface area (TPSA) is 54.5 Å². The van der Waals surface area contributed by atoms with Crippen molar-refractivity contribution in [3.8, 4) is 10.7 Å². The third kappa shape index (κ3) is 0.801. The van der Waals surface area contributed by atoms with Gasteiger partial charge in [0, 0.05) is 6.20 Å². The van der Waals surface area contributed by atoms with Crippen LogP contribution < -0.4 is 0 Å². The fourth-order valence-electron chi connectivity index (χ4n) is 0.633. The molecule has 0 aliphatic carbocycles. The van der Waals surface area contributed by atoms with Crippen LogP contribution in [-0.2, 0) is 0 Å². The van der Waals surface area contributed by atoms with Crippen LogP contribution in [0.3, 0.4) is 0 Å². The van der Waals surface area contributed by atoms with E-state index in [0.29, 0.717) is 0 Å². The lowest BCUT2D eigenvalue weighted by molar-refractivity contribution is 1.05. The van der Waals surface area contributed by atoms with Gasteiger partial charge in [-0.2, -0.15) is 5.10 Å². The predicted octanol–water partition coefficient (Wildman–Crippen LogP) is 0.728. The summed E-state index contributed by atoms with van der Waals surface area (Å²) in [5.74, 6) is 0. The van der Waals surface area contributed by atoms with Gasteiger partial charge in [-0.15, -0.1) is 10.2 Å². The average molecular weight is 151 g/mol. The lowest BCUT2D eigenvalue weighted by Gasteiger charge is -1.79. The minimum Gasteiger partial charge on any atom is -0.285 e. The van der Waals surface area contributed by atoms with Gasteiger partial charge in [0.15, 0.2) is 10.5 Å². The maximum atomic E-state index is 3.92. The molecule has 4 nitrogen and oxygen atoms in total. The van der Waals surface area contributed by atoms with Gasteiger partial charge in [0.2, 0.25) is 0 Å². The highest BCUT2D eigenvalue weighted by Crippen LogP contribution is 2.15. The van der Waals surface area contributed by atoms with Gasteiger partial charge in [0.05, 0.1) is 0 Å². The third-order valence-electron chi connectivity index (χ3n) is 1.04. The molecular formula is C5H3N4S. The Balaban J connectivity index is 2.48. The molecule has 5 heteroatoms. The van der Waals surface area contributed by atoms with Gasteiger partial charge in [-0.25, -0.2) is 0 Å². The fraction of sp³-hybridized carbons (Fsp3) is 0. The predicted molar refractivity (Wildman–Crippen MR) is 36.3 cm³/mol. The van der Waals surface area contributed by atoms with E-state index in [1.165, 1.54) is 11.3 Å². The molecule has 1 radical (unpaired) electrons. The number of nitrogens with zero attached hydrogens (tertiary/aromatic N) is 3. The number of hydrogen-bond acceptors (Lipinski definition) is 4. The second-order valence-corrected chi connectivity index (χ2v) is 2.43. The lowest BCUT2D eigenvalue weighted by atomic mass is 10.5. The molecule has 0 fully saturated rings. The Morgan fingerprint density at radius 3 is 3.20 bits per heavy atom. The van der Waals surface area contributed by atoms with Crippen molar-refractivity contribution in [3.05, 3.63) is 17.8 Å². The standard InChI is InChI=1S/C5H3N4S/c1-2-6-8-4(1)5-9-7-3-10-5/h1-2H,(H,6,8). The fourth-order valence-corrected chi connectivity index (χ4v) is 1.10. The van der Waals surface area contributed by atoms with E-state index in [2.05, 4.69) is 25.9 Å². The molecule has 1 N–H and O–H groups in total. The Morgan fingerprint density at radius 1 is 1.60 bits per heavy atom. The van der Waals surface area contributed by atoms with E-state index in [1.807, 2.05) is 6.07 Å². The Morgan fingerprint density at radius 2 is 2.60 bits per heavy atom. The van der Waals surface area contributed by atoms with Crippen molar-refractivity contribution >= 4 is 11.3 Å². The summed E-state index contributed by atoms with van der Waals surface area (Å²) in [5.41, 5.74) is 3.46. The van der Waals surface area contributed by atoms with Crippen LogP contribution in [0, 0.1) is 5.51 Å². The molecule has 0 saturated carbocycles. The van der Waals surface area contributed by atoms with Crippen molar-refractivity contribution in [1.29, 1.82) is 0 Å². The van der Waals surface area contributed by atoms with Gasteiger partial charge in [0.1, 0.15) is 5.69 Å². The third-order valence-corrected chi connectivity index (χ3v) is 1.70. The largest absolute Gasteiger partial charge is 0.285 e. The highest BCUT2D eigenvalue weighted by Gasteiger charge is 2.01. The molecule has 2 aromatic rings. The summed E-state index contributed by atoms with van der Waals surface area (Å²) in [6, 6.07) is 1.84. The Hall–Kier alpha value is -1.23. The van der Waals surface area contributed by atoms with Crippen molar-refractivity contribution in [2.75, 3.05) is 0 Å². The summed E-state index contributed by atoms with van der Waals surface area (Å²) in [6.45, 7) is 0. The van der Waals surface area contributed by atoms with Crippen molar-refractivity contribution in [2.45, 2.75) is 0 Å². The Bertz CT molecular complexity index is 253. The monoisotopic (exact) mass is 151 g/mol. The van der Waals surface area contributed by atoms with E-state index in [4.69, 9.17) is 0 Å². The first-order chi connectivity index (χ1) is 4.97. The van der Waals surface area contributed by atoms with Crippen LogP contribution in [0.5, 0.6) is 0 Å². The van der Waals surface area contributed by atoms with Crippen LogP contribution in [-0.4, -0.2) is 20.4 Å². The molecule has 0 saturated heterocycles. The van der Waals surface area contributed by atoms with E-state index in [0.717, 1.165) is 10.7 Å². The van der Waals surface area contributed by atoms with E-state index >= 15 is 0 Å². The summed E-state index contributed by atoms with van der Waals surface area (Å²) < 4.78 is 0. The van der Waals surface area contributed by atoms with Gasteiger partial charge < -0.3 is 0 Å². The first-order valence-electron chi connectivity index (χ1n) is 2.66. The highest BCUT2D eigenvalue weighted by atomic mass is 32.1. The smallest absolute Gasteiger partial charge is 0.178 e. The number of nitrogens with one attached hydrogen (secondary N) is 1. The first-order valence-corrected chi connectivity index (χ1v) is 3.48. The normalized spacial score (nSPS) is 10.0. The van der Waals surface area contributed by atoms with Crippen LogP contribution >= 0.6 is 11.3 Å². The molecule has 2 heterocycles. The lowest BCUT2D eigenvalue weighted by Crippen LogP contribution is -1.75. The summed E-state index contributed by atoms with van der Waals surface area (Å²) >= 11 is 1.35. The van der Waals surface area contributed by atoms with Gasteiger partial charge in [-0.05, 0) is 6.07 Å². The summed E-state index contributed by atoms with van der Waals surface area (Å²) in [6.07, 6.45) is 1.75. The van der Waals surface area contributed by atoms with Crippen LogP contribution in [0.15, 0.2) is 12.3 Å². The maximum Gasteiger partial charge on any atom is 0.178 e. The number of aromatic nitrogens is 4. The molecule has 10 heavy (non-hydrogen) atoms. The zero-order chi connectivity index (χ0) is 6.81. The Labute approximate surface area is 60.9 Å². The Kier molecular flexibility index (Phi) is 1.21. The number of rotatable bonds is 1. The van der Waals surface area contributed by atoms with Crippen LogP contribution in [0.25, 0.3) is 10.7 Å². The molecule has 0 amide bonds.